The van der Waals surface area contributed by atoms with Crippen LogP contribution < -0.4 is 0 Å². The Morgan fingerprint density at radius 3 is 1.52 bits per heavy atom. The number of hydrogen-bond donors (Lipinski definition) is 0. The predicted octanol–water partition coefficient (Wildman–Crippen LogP) is 8.16. The Bertz CT molecular complexity index is 439. The van der Waals surface area contributed by atoms with E-state index in [-0.39, 0.29) is 36.3 Å². The van der Waals surface area contributed by atoms with Crippen molar-refractivity contribution >= 4 is 11.9 Å². The summed E-state index contributed by atoms with van der Waals surface area (Å²) in [5.41, 5.74) is -0.0673. The summed E-state index contributed by atoms with van der Waals surface area (Å²) < 4.78 is 10.7. The molecule has 0 rings (SSSR count). The van der Waals surface area contributed by atoms with Crippen molar-refractivity contribution in [2.24, 2.45) is 5.41 Å². The summed E-state index contributed by atoms with van der Waals surface area (Å²) in [6.45, 7) is 10.8. The Morgan fingerprint density at radius 2 is 1.06 bits per heavy atom. The smallest absolute Gasteiger partial charge is 0.306 e. The zero-order chi connectivity index (χ0) is 23.4. The molecule has 0 aromatic rings. The lowest BCUT2D eigenvalue weighted by atomic mass is 9.90. The molecular formula is C27H52O4. The van der Waals surface area contributed by atoms with E-state index in [1.54, 1.807) is 0 Å². The van der Waals surface area contributed by atoms with Crippen molar-refractivity contribution in [1.82, 2.24) is 0 Å². The summed E-state index contributed by atoms with van der Waals surface area (Å²) in [6.07, 6.45) is 19.4. The molecule has 184 valence electrons. The van der Waals surface area contributed by atoms with Crippen LogP contribution in [0.25, 0.3) is 0 Å². The van der Waals surface area contributed by atoms with Crippen LogP contribution in [0, 0.1) is 5.41 Å². The number of esters is 2. The molecule has 0 aromatic heterocycles. The van der Waals surface area contributed by atoms with Crippen molar-refractivity contribution < 1.29 is 19.1 Å². The zero-order valence-corrected chi connectivity index (χ0v) is 21.4. The third kappa shape index (κ3) is 20.6. The number of carbonyl (C=O) groups is 2. The molecular weight excluding hydrogens is 388 g/mol. The van der Waals surface area contributed by atoms with Crippen LogP contribution in [0.1, 0.15) is 144 Å². The lowest BCUT2D eigenvalue weighted by molar-refractivity contribution is -0.153. The van der Waals surface area contributed by atoms with Crippen LogP contribution in [0.3, 0.4) is 0 Å². The van der Waals surface area contributed by atoms with Gasteiger partial charge >= 0.3 is 11.9 Å². The normalized spacial score (nSPS) is 12.5. The van der Waals surface area contributed by atoms with Gasteiger partial charge in [0.05, 0.1) is 6.61 Å². The molecule has 4 nitrogen and oxygen atoms in total. The fourth-order valence-corrected chi connectivity index (χ4v) is 3.36. The minimum absolute atomic E-state index is 0.0673. The number of ether oxygens (including phenoxy) is 2. The highest BCUT2D eigenvalue weighted by atomic mass is 16.5. The molecule has 0 aromatic carbocycles. The molecule has 0 heterocycles. The van der Waals surface area contributed by atoms with Gasteiger partial charge in [-0.05, 0) is 25.2 Å². The van der Waals surface area contributed by atoms with Gasteiger partial charge in [0, 0.05) is 12.8 Å². The first kappa shape index (κ1) is 29.9. The highest BCUT2D eigenvalue weighted by molar-refractivity contribution is 5.72. The van der Waals surface area contributed by atoms with Gasteiger partial charge < -0.3 is 9.47 Å². The van der Waals surface area contributed by atoms with E-state index >= 15 is 0 Å². The lowest BCUT2D eigenvalue weighted by Crippen LogP contribution is -2.28. The van der Waals surface area contributed by atoms with E-state index in [0.29, 0.717) is 13.0 Å². The van der Waals surface area contributed by atoms with Crippen LogP contribution in [0.15, 0.2) is 0 Å². The Balaban J connectivity index is 3.37. The lowest BCUT2D eigenvalue weighted by Gasteiger charge is -2.26. The van der Waals surface area contributed by atoms with Gasteiger partial charge in [-0.2, -0.15) is 0 Å². The average Bonchev–Trinajstić information content (AvgIpc) is 2.70. The van der Waals surface area contributed by atoms with Gasteiger partial charge in [-0.1, -0.05) is 111 Å². The average molecular weight is 441 g/mol. The Hall–Kier alpha value is -1.06. The maximum Gasteiger partial charge on any atom is 0.306 e. The van der Waals surface area contributed by atoms with E-state index in [0.717, 1.165) is 12.8 Å². The second-order valence-corrected chi connectivity index (χ2v) is 10.2. The van der Waals surface area contributed by atoms with Gasteiger partial charge in [-0.25, -0.2) is 0 Å². The van der Waals surface area contributed by atoms with Crippen LogP contribution in [0.4, 0.5) is 0 Å². The standard InChI is InChI=1S/C27H52O4/c1-6-7-8-9-10-11-12-13-14-15-16-17-18-19-23-30-25(28)21-20-22-26(29)31-24(2)27(3,4)5/h24H,6-23H2,1-5H3. The third-order valence-corrected chi connectivity index (χ3v) is 6.05. The second-order valence-electron chi connectivity index (χ2n) is 10.2. The van der Waals surface area contributed by atoms with Gasteiger partial charge in [-0.15, -0.1) is 0 Å². The largest absolute Gasteiger partial charge is 0.466 e. The molecule has 0 aliphatic carbocycles. The molecule has 1 atom stereocenters. The highest BCUT2D eigenvalue weighted by Crippen LogP contribution is 2.22. The number of rotatable bonds is 20. The summed E-state index contributed by atoms with van der Waals surface area (Å²) in [5.74, 6) is -0.437. The van der Waals surface area contributed by atoms with E-state index in [1.807, 2.05) is 27.7 Å². The van der Waals surface area contributed by atoms with Crippen molar-refractivity contribution in [2.75, 3.05) is 6.61 Å². The SMILES string of the molecule is CCCCCCCCCCCCCCCCOC(=O)CCCC(=O)OC(C)C(C)(C)C. The first-order chi connectivity index (χ1) is 14.8. The van der Waals surface area contributed by atoms with Crippen molar-refractivity contribution in [1.29, 1.82) is 0 Å². The molecule has 0 saturated carbocycles. The minimum atomic E-state index is -0.234. The molecule has 0 saturated heterocycles. The zero-order valence-electron chi connectivity index (χ0n) is 21.4. The van der Waals surface area contributed by atoms with Crippen molar-refractivity contribution in [3.8, 4) is 0 Å². The number of unbranched alkanes of at least 4 members (excludes halogenated alkanes) is 13. The van der Waals surface area contributed by atoms with Gasteiger partial charge in [-0.3, -0.25) is 9.59 Å². The molecule has 0 fully saturated rings. The molecule has 0 radical (unpaired) electrons. The molecule has 0 N–H and O–H groups in total. The first-order valence-corrected chi connectivity index (χ1v) is 13.1. The molecule has 31 heavy (non-hydrogen) atoms. The molecule has 0 aliphatic heterocycles. The topological polar surface area (TPSA) is 52.6 Å². The molecule has 0 spiro atoms. The molecule has 0 amide bonds. The van der Waals surface area contributed by atoms with Crippen LogP contribution in [0.2, 0.25) is 0 Å². The Morgan fingerprint density at radius 1 is 0.645 bits per heavy atom. The van der Waals surface area contributed by atoms with Gasteiger partial charge in [0.25, 0.3) is 0 Å². The van der Waals surface area contributed by atoms with Crippen LogP contribution in [-0.2, 0) is 19.1 Å². The van der Waals surface area contributed by atoms with Gasteiger partial charge in [0.1, 0.15) is 6.10 Å². The summed E-state index contributed by atoms with van der Waals surface area (Å²) in [6, 6.07) is 0. The van der Waals surface area contributed by atoms with E-state index < -0.39 is 0 Å². The Kier molecular flexibility index (Phi) is 18.9. The molecule has 0 aliphatic rings. The van der Waals surface area contributed by atoms with E-state index in [9.17, 15) is 9.59 Å². The number of carbonyl (C=O) groups excluding carboxylic acids is 2. The van der Waals surface area contributed by atoms with Crippen LogP contribution in [0.5, 0.6) is 0 Å². The van der Waals surface area contributed by atoms with Crippen molar-refractivity contribution in [2.45, 2.75) is 150 Å². The maximum atomic E-state index is 11.8. The quantitative estimate of drug-likeness (QED) is 0.141. The summed E-state index contributed by atoms with van der Waals surface area (Å²) in [4.78, 5) is 23.6. The van der Waals surface area contributed by atoms with Crippen molar-refractivity contribution in [3.05, 3.63) is 0 Å². The second kappa shape index (κ2) is 19.6. The highest BCUT2D eigenvalue weighted by Gasteiger charge is 2.23. The fraction of sp³-hybridized carbons (Fsp3) is 0.926. The minimum Gasteiger partial charge on any atom is -0.466 e. The maximum absolute atomic E-state index is 11.8. The van der Waals surface area contributed by atoms with Crippen molar-refractivity contribution in [3.63, 3.8) is 0 Å². The van der Waals surface area contributed by atoms with E-state index in [4.69, 9.17) is 9.47 Å². The first-order valence-electron chi connectivity index (χ1n) is 13.1. The molecule has 4 heteroatoms. The number of hydrogen-bond acceptors (Lipinski definition) is 4. The molecule has 1 unspecified atom stereocenters. The van der Waals surface area contributed by atoms with E-state index in [1.165, 1.54) is 77.0 Å². The molecule has 0 bridgehead atoms. The van der Waals surface area contributed by atoms with E-state index in [2.05, 4.69) is 6.92 Å². The van der Waals surface area contributed by atoms with Crippen LogP contribution in [-0.4, -0.2) is 24.6 Å². The van der Waals surface area contributed by atoms with Gasteiger partial charge in [0.15, 0.2) is 0 Å². The fourth-order valence-electron chi connectivity index (χ4n) is 3.36. The third-order valence-electron chi connectivity index (χ3n) is 6.05. The monoisotopic (exact) mass is 440 g/mol. The Labute approximate surface area is 193 Å². The summed E-state index contributed by atoms with van der Waals surface area (Å²) in [5, 5.41) is 0. The van der Waals surface area contributed by atoms with Gasteiger partial charge in [0.2, 0.25) is 0 Å². The summed E-state index contributed by atoms with van der Waals surface area (Å²) in [7, 11) is 0. The van der Waals surface area contributed by atoms with Crippen LogP contribution >= 0.6 is 0 Å². The summed E-state index contributed by atoms with van der Waals surface area (Å²) >= 11 is 0. The predicted molar refractivity (Wildman–Crippen MR) is 130 cm³/mol.